The highest BCUT2D eigenvalue weighted by Gasteiger charge is 2.43. The molecule has 6 nitrogen and oxygen atoms in total. The Hall–Kier alpha value is -2.75. The van der Waals surface area contributed by atoms with Crippen molar-refractivity contribution in [1.82, 2.24) is 20.8 Å². The Labute approximate surface area is 188 Å². The number of rotatable bonds is 4. The monoisotopic (exact) mass is 463 g/mol. The number of nitrogens with one attached hydrogen (secondary N) is 2. The van der Waals surface area contributed by atoms with Gasteiger partial charge in [0.1, 0.15) is 11.6 Å². The number of halogens is 4. The summed E-state index contributed by atoms with van der Waals surface area (Å²) in [5.41, 5.74) is 0.916. The molecule has 1 spiro atoms. The van der Waals surface area contributed by atoms with Gasteiger partial charge in [0.05, 0.1) is 11.9 Å². The Morgan fingerprint density at radius 1 is 1.15 bits per heavy atom. The van der Waals surface area contributed by atoms with Crippen LogP contribution in [0, 0.1) is 11.6 Å². The molecule has 1 amide bonds. The predicted octanol–water partition coefficient (Wildman–Crippen LogP) is 3.67. The van der Waals surface area contributed by atoms with Gasteiger partial charge in [-0.1, -0.05) is 0 Å². The molecule has 2 aliphatic heterocycles. The molecular formula is C23H25F4N5O. The smallest absolute Gasteiger partial charge is 0.274 e. The predicted molar refractivity (Wildman–Crippen MR) is 114 cm³/mol. The summed E-state index contributed by atoms with van der Waals surface area (Å²) in [6.45, 7) is 2.13. The van der Waals surface area contributed by atoms with Gasteiger partial charge in [0.2, 0.25) is 5.92 Å². The summed E-state index contributed by atoms with van der Waals surface area (Å²) in [4.78, 5) is 15.2. The number of carbonyl (C=O) groups excluding carboxylic acids is 1. The van der Waals surface area contributed by atoms with Crippen molar-refractivity contribution in [3.8, 4) is 11.1 Å². The summed E-state index contributed by atoms with van der Waals surface area (Å²) in [7, 11) is 0. The molecule has 2 atom stereocenters. The fourth-order valence-corrected chi connectivity index (χ4v) is 5.38. The highest BCUT2D eigenvalue weighted by atomic mass is 19.3. The molecule has 10 heteroatoms. The Balaban J connectivity index is 1.53. The van der Waals surface area contributed by atoms with Gasteiger partial charge in [-0.25, -0.2) is 17.6 Å². The molecule has 176 valence electrons. The summed E-state index contributed by atoms with van der Waals surface area (Å²) >= 11 is 0. The SMILES string of the molecule is O=C(N[C@@H]1CCC(F)(F)C1)c1nncc(-c2cc(F)cc(F)c2)c1N1CCC2(CCCN2)C1. The number of nitrogens with zero attached hydrogens (tertiary/aromatic N) is 3. The number of anilines is 1. The van der Waals surface area contributed by atoms with E-state index >= 15 is 0 Å². The van der Waals surface area contributed by atoms with Crippen LogP contribution < -0.4 is 15.5 Å². The fraction of sp³-hybridized carbons (Fsp3) is 0.522. The Morgan fingerprint density at radius 2 is 1.94 bits per heavy atom. The van der Waals surface area contributed by atoms with Gasteiger partial charge in [-0.15, -0.1) is 5.10 Å². The quantitative estimate of drug-likeness (QED) is 0.678. The third kappa shape index (κ3) is 4.40. The van der Waals surface area contributed by atoms with E-state index in [4.69, 9.17) is 0 Å². The molecule has 0 radical (unpaired) electrons. The lowest BCUT2D eigenvalue weighted by molar-refractivity contribution is 0.00710. The van der Waals surface area contributed by atoms with Crippen LogP contribution in [0.3, 0.4) is 0 Å². The second-order valence-corrected chi connectivity index (χ2v) is 9.36. The van der Waals surface area contributed by atoms with Crippen molar-refractivity contribution in [3.05, 3.63) is 41.7 Å². The number of alkyl halides is 2. The third-order valence-electron chi connectivity index (χ3n) is 6.95. The largest absolute Gasteiger partial charge is 0.367 e. The van der Waals surface area contributed by atoms with E-state index in [9.17, 15) is 22.4 Å². The van der Waals surface area contributed by atoms with E-state index in [-0.39, 0.29) is 29.6 Å². The highest BCUT2D eigenvalue weighted by molar-refractivity contribution is 6.01. The van der Waals surface area contributed by atoms with Crippen LogP contribution in [0.2, 0.25) is 0 Å². The van der Waals surface area contributed by atoms with Crippen LogP contribution in [0.15, 0.2) is 24.4 Å². The fourth-order valence-electron chi connectivity index (χ4n) is 5.38. The zero-order valence-corrected chi connectivity index (χ0v) is 18.0. The third-order valence-corrected chi connectivity index (χ3v) is 6.95. The summed E-state index contributed by atoms with van der Waals surface area (Å²) in [5.74, 6) is -4.91. The van der Waals surface area contributed by atoms with Crippen molar-refractivity contribution in [2.45, 2.75) is 56.0 Å². The lowest BCUT2D eigenvalue weighted by Crippen LogP contribution is -2.43. The zero-order valence-electron chi connectivity index (χ0n) is 18.0. The van der Waals surface area contributed by atoms with Gasteiger partial charge < -0.3 is 15.5 Å². The lowest BCUT2D eigenvalue weighted by Gasteiger charge is -2.28. The number of aromatic nitrogens is 2. The number of benzene rings is 1. The van der Waals surface area contributed by atoms with Gasteiger partial charge in [-0.05, 0) is 49.9 Å². The minimum atomic E-state index is -2.80. The van der Waals surface area contributed by atoms with Crippen molar-refractivity contribution < 1.29 is 22.4 Å². The van der Waals surface area contributed by atoms with Crippen LogP contribution in [0.1, 0.15) is 49.0 Å². The van der Waals surface area contributed by atoms with Crippen LogP contribution in [-0.4, -0.2) is 53.2 Å². The molecule has 3 aliphatic rings. The highest BCUT2D eigenvalue weighted by Crippen LogP contribution is 2.40. The molecule has 1 unspecified atom stereocenters. The number of carbonyl (C=O) groups is 1. The Bertz CT molecular complexity index is 1050. The minimum absolute atomic E-state index is 0.0255. The molecule has 1 aromatic carbocycles. The molecule has 2 N–H and O–H groups in total. The van der Waals surface area contributed by atoms with E-state index in [2.05, 4.69) is 20.8 Å². The van der Waals surface area contributed by atoms with E-state index in [1.54, 1.807) is 0 Å². The normalized spacial score (nSPS) is 26.3. The number of hydrogen-bond acceptors (Lipinski definition) is 5. The molecule has 33 heavy (non-hydrogen) atoms. The van der Waals surface area contributed by atoms with Crippen molar-refractivity contribution in [3.63, 3.8) is 0 Å². The van der Waals surface area contributed by atoms with Crippen LogP contribution in [-0.2, 0) is 0 Å². The van der Waals surface area contributed by atoms with E-state index in [1.165, 1.54) is 18.3 Å². The van der Waals surface area contributed by atoms with Crippen molar-refractivity contribution in [2.75, 3.05) is 24.5 Å². The van der Waals surface area contributed by atoms with Crippen molar-refractivity contribution in [2.24, 2.45) is 0 Å². The van der Waals surface area contributed by atoms with Gasteiger partial charge >= 0.3 is 0 Å². The molecule has 0 bridgehead atoms. The first-order valence-electron chi connectivity index (χ1n) is 11.2. The summed E-state index contributed by atoms with van der Waals surface area (Å²) in [5, 5.41) is 14.2. The molecule has 3 heterocycles. The number of hydrogen-bond donors (Lipinski definition) is 2. The molecule has 1 saturated carbocycles. The second kappa shape index (κ2) is 8.23. The molecular weight excluding hydrogens is 438 g/mol. The average molecular weight is 463 g/mol. The molecule has 1 aliphatic carbocycles. The van der Waals surface area contributed by atoms with E-state index < -0.39 is 35.9 Å². The first kappa shape index (κ1) is 22.1. The van der Waals surface area contributed by atoms with Gasteiger partial charge in [0.25, 0.3) is 5.91 Å². The van der Waals surface area contributed by atoms with Crippen LogP contribution in [0.25, 0.3) is 11.1 Å². The van der Waals surface area contributed by atoms with Crippen LogP contribution in [0.4, 0.5) is 23.2 Å². The van der Waals surface area contributed by atoms with Crippen molar-refractivity contribution in [1.29, 1.82) is 0 Å². The first-order chi connectivity index (χ1) is 15.7. The minimum Gasteiger partial charge on any atom is -0.367 e. The van der Waals surface area contributed by atoms with Crippen LogP contribution in [0.5, 0.6) is 0 Å². The van der Waals surface area contributed by atoms with Crippen molar-refractivity contribution >= 4 is 11.6 Å². The average Bonchev–Trinajstić information content (AvgIpc) is 3.48. The Morgan fingerprint density at radius 3 is 2.61 bits per heavy atom. The van der Waals surface area contributed by atoms with Gasteiger partial charge in [0, 0.05) is 49.1 Å². The summed E-state index contributed by atoms with van der Waals surface area (Å²) < 4.78 is 55.3. The van der Waals surface area contributed by atoms with E-state index in [0.717, 1.165) is 31.9 Å². The maximum Gasteiger partial charge on any atom is 0.274 e. The zero-order chi connectivity index (χ0) is 23.2. The standard InChI is InChI=1S/C23H25F4N5O/c24-15-8-14(9-16(25)10-15)18-12-29-31-19(21(33)30-17-2-4-23(26,27)11-17)20(18)32-7-5-22(13-32)3-1-6-28-22/h8-10,12,17,28H,1-7,11,13H2,(H,30,33)/t17-,22?/m1/s1. The maximum absolute atomic E-state index is 14.0. The van der Waals surface area contributed by atoms with Gasteiger partial charge in [-0.2, -0.15) is 5.10 Å². The molecule has 1 aromatic heterocycles. The van der Waals surface area contributed by atoms with E-state index in [1.807, 2.05) is 4.90 Å². The number of amides is 1. The molecule has 2 saturated heterocycles. The summed E-state index contributed by atoms with van der Waals surface area (Å²) in [6, 6.07) is 2.48. The lowest BCUT2D eigenvalue weighted by atomic mass is 9.97. The Kier molecular flexibility index (Phi) is 5.50. The van der Waals surface area contributed by atoms with Gasteiger partial charge in [-0.3, -0.25) is 4.79 Å². The first-order valence-corrected chi connectivity index (χ1v) is 11.2. The topological polar surface area (TPSA) is 70.2 Å². The molecule has 2 aromatic rings. The molecule has 5 rings (SSSR count). The van der Waals surface area contributed by atoms with Gasteiger partial charge in [0.15, 0.2) is 5.69 Å². The maximum atomic E-state index is 14.0. The molecule has 3 fully saturated rings. The van der Waals surface area contributed by atoms with Crippen LogP contribution >= 0.6 is 0 Å². The van der Waals surface area contributed by atoms with E-state index in [0.29, 0.717) is 24.3 Å². The summed E-state index contributed by atoms with van der Waals surface area (Å²) in [6.07, 6.45) is 3.75. The second-order valence-electron chi connectivity index (χ2n) is 9.36.